The third-order valence-corrected chi connectivity index (χ3v) is 4.73. The second-order valence-corrected chi connectivity index (χ2v) is 6.92. The van der Waals surface area contributed by atoms with Crippen LogP contribution >= 0.6 is 0 Å². The van der Waals surface area contributed by atoms with Gasteiger partial charge < -0.3 is 10.4 Å². The lowest BCUT2D eigenvalue weighted by atomic mass is 9.86. The van der Waals surface area contributed by atoms with Crippen molar-refractivity contribution in [1.29, 1.82) is 0 Å². The Bertz CT molecular complexity index is 456. The summed E-state index contributed by atoms with van der Waals surface area (Å²) in [5.74, 6) is -0.708. The molecule has 0 heterocycles. The van der Waals surface area contributed by atoms with Crippen molar-refractivity contribution in [3.8, 4) is 0 Å². The lowest BCUT2D eigenvalue weighted by Crippen LogP contribution is -2.45. The van der Waals surface area contributed by atoms with Crippen LogP contribution in [0, 0.1) is 5.41 Å². The van der Waals surface area contributed by atoms with Crippen molar-refractivity contribution in [2.75, 3.05) is 0 Å². The molecule has 21 heavy (non-hydrogen) atoms. The van der Waals surface area contributed by atoms with E-state index in [9.17, 15) is 4.79 Å². The van der Waals surface area contributed by atoms with Crippen LogP contribution in [0.4, 0.5) is 0 Å². The summed E-state index contributed by atoms with van der Waals surface area (Å²) in [6, 6.07) is 11.1. The lowest BCUT2D eigenvalue weighted by molar-refractivity contribution is -0.137. The SMILES string of the molecule is CC1(C)CCCC1NC(CCC(=O)O)Cc1ccccc1. The first-order chi connectivity index (χ1) is 9.97. The fourth-order valence-electron chi connectivity index (χ4n) is 3.36. The summed E-state index contributed by atoms with van der Waals surface area (Å²) in [4.78, 5) is 10.9. The van der Waals surface area contributed by atoms with E-state index in [1.54, 1.807) is 0 Å². The summed E-state index contributed by atoms with van der Waals surface area (Å²) in [7, 11) is 0. The molecule has 0 saturated heterocycles. The Hall–Kier alpha value is -1.35. The van der Waals surface area contributed by atoms with Gasteiger partial charge in [-0.1, -0.05) is 50.6 Å². The third-order valence-electron chi connectivity index (χ3n) is 4.73. The third kappa shape index (κ3) is 4.85. The minimum Gasteiger partial charge on any atom is -0.481 e. The van der Waals surface area contributed by atoms with Crippen molar-refractivity contribution in [2.24, 2.45) is 5.41 Å². The van der Waals surface area contributed by atoms with Crippen LogP contribution < -0.4 is 5.32 Å². The molecule has 0 amide bonds. The number of rotatable bonds is 7. The summed E-state index contributed by atoms with van der Waals surface area (Å²) < 4.78 is 0. The molecule has 1 fully saturated rings. The molecule has 2 rings (SSSR count). The number of hydrogen-bond acceptors (Lipinski definition) is 2. The van der Waals surface area contributed by atoms with E-state index in [1.165, 1.54) is 24.8 Å². The van der Waals surface area contributed by atoms with Gasteiger partial charge in [0.05, 0.1) is 0 Å². The average molecular weight is 289 g/mol. The zero-order valence-corrected chi connectivity index (χ0v) is 13.1. The van der Waals surface area contributed by atoms with Gasteiger partial charge in [-0.15, -0.1) is 0 Å². The second-order valence-electron chi connectivity index (χ2n) is 6.92. The maximum atomic E-state index is 10.9. The fourth-order valence-corrected chi connectivity index (χ4v) is 3.36. The number of hydrogen-bond donors (Lipinski definition) is 2. The Morgan fingerprint density at radius 2 is 2.10 bits per heavy atom. The fraction of sp³-hybridized carbons (Fsp3) is 0.611. The van der Waals surface area contributed by atoms with Crippen LogP contribution in [0.1, 0.15) is 51.5 Å². The maximum absolute atomic E-state index is 10.9. The topological polar surface area (TPSA) is 49.3 Å². The van der Waals surface area contributed by atoms with E-state index >= 15 is 0 Å². The predicted octanol–water partition coefficient (Wildman–Crippen LogP) is 3.63. The van der Waals surface area contributed by atoms with E-state index < -0.39 is 5.97 Å². The van der Waals surface area contributed by atoms with Gasteiger partial charge in [-0.3, -0.25) is 4.79 Å². The molecule has 3 heteroatoms. The molecule has 3 nitrogen and oxygen atoms in total. The molecule has 2 N–H and O–H groups in total. The van der Waals surface area contributed by atoms with Crippen molar-refractivity contribution in [2.45, 2.75) is 64.5 Å². The van der Waals surface area contributed by atoms with Crippen LogP contribution in [-0.4, -0.2) is 23.2 Å². The van der Waals surface area contributed by atoms with E-state index in [0.717, 1.165) is 6.42 Å². The first kappa shape index (κ1) is 16.0. The van der Waals surface area contributed by atoms with Gasteiger partial charge in [-0.2, -0.15) is 0 Å². The Morgan fingerprint density at radius 3 is 2.67 bits per heavy atom. The Morgan fingerprint density at radius 1 is 1.38 bits per heavy atom. The first-order valence-corrected chi connectivity index (χ1v) is 7.99. The summed E-state index contributed by atoms with van der Waals surface area (Å²) in [5, 5.41) is 12.7. The smallest absolute Gasteiger partial charge is 0.303 e. The molecule has 1 saturated carbocycles. The quantitative estimate of drug-likeness (QED) is 0.806. The second kappa shape index (κ2) is 7.08. The molecule has 1 aliphatic rings. The van der Waals surface area contributed by atoms with Gasteiger partial charge in [-0.05, 0) is 36.7 Å². The Labute approximate surface area is 127 Å². The van der Waals surface area contributed by atoms with E-state index in [-0.39, 0.29) is 12.5 Å². The van der Waals surface area contributed by atoms with E-state index in [1.807, 2.05) is 18.2 Å². The van der Waals surface area contributed by atoms with Gasteiger partial charge in [0.25, 0.3) is 0 Å². The van der Waals surface area contributed by atoms with Crippen LogP contribution in [0.5, 0.6) is 0 Å². The summed E-state index contributed by atoms with van der Waals surface area (Å²) in [6.45, 7) is 4.63. The molecule has 0 aliphatic heterocycles. The molecule has 1 aromatic carbocycles. The highest BCUT2D eigenvalue weighted by Gasteiger charge is 2.35. The normalized spacial score (nSPS) is 22.1. The highest BCUT2D eigenvalue weighted by atomic mass is 16.4. The molecular weight excluding hydrogens is 262 g/mol. The standard InChI is InChI=1S/C18H27NO2/c1-18(2)12-6-9-16(18)19-15(10-11-17(20)21)13-14-7-4-3-5-8-14/h3-5,7-8,15-16,19H,6,9-13H2,1-2H3,(H,20,21). The minimum atomic E-state index is -0.708. The number of benzene rings is 1. The molecule has 1 aliphatic carbocycles. The zero-order valence-electron chi connectivity index (χ0n) is 13.1. The van der Waals surface area contributed by atoms with Crippen molar-refractivity contribution < 1.29 is 9.90 Å². The first-order valence-electron chi connectivity index (χ1n) is 7.99. The average Bonchev–Trinajstić information content (AvgIpc) is 2.76. The molecule has 0 spiro atoms. The minimum absolute atomic E-state index is 0.234. The van der Waals surface area contributed by atoms with Gasteiger partial charge in [0.2, 0.25) is 0 Å². The largest absolute Gasteiger partial charge is 0.481 e. The molecule has 2 unspecified atom stereocenters. The molecule has 1 aromatic rings. The zero-order chi connectivity index (χ0) is 15.3. The number of aliphatic carboxylic acids is 1. The number of carboxylic acid groups (broad SMARTS) is 1. The van der Waals surface area contributed by atoms with Gasteiger partial charge in [0.15, 0.2) is 0 Å². The van der Waals surface area contributed by atoms with Crippen LogP contribution in [0.2, 0.25) is 0 Å². The van der Waals surface area contributed by atoms with E-state index in [0.29, 0.717) is 17.9 Å². The summed E-state index contributed by atoms with van der Waals surface area (Å²) in [6.07, 6.45) is 5.55. The number of carbonyl (C=O) groups is 1. The lowest BCUT2D eigenvalue weighted by Gasteiger charge is -2.32. The van der Waals surface area contributed by atoms with Crippen molar-refractivity contribution in [3.05, 3.63) is 35.9 Å². The molecule has 116 valence electrons. The van der Waals surface area contributed by atoms with Gasteiger partial charge in [0.1, 0.15) is 0 Å². The van der Waals surface area contributed by atoms with Crippen molar-refractivity contribution >= 4 is 5.97 Å². The number of nitrogens with one attached hydrogen (secondary N) is 1. The highest BCUT2D eigenvalue weighted by Crippen LogP contribution is 2.37. The molecule has 2 atom stereocenters. The van der Waals surface area contributed by atoms with E-state index in [2.05, 4.69) is 31.3 Å². The maximum Gasteiger partial charge on any atom is 0.303 e. The van der Waals surface area contributed by atoms with Crippen molar-refractivity contribution in [1.82, 2.24) is 5.32 Å². The monoisotopic (exact) mass is 289 g/mol. The molecule has 0 bridgehead atoms. The Balaban J connectivity index is 1.99. The summed E-state index contributed by atoms with van der Waals surface area (Å²) >= 11 is 0. The van der Waals surface area contributed by atoms with Crippen LogP contribution in [0.3, 0.4) is 0 Å². The van der Waals surface area contributed by atoms with Crippen LogP contribution in [0.25, 0.3) is 0 Å². The predicted molar refractivity (Wildman–Crippen MR) is 85.4 cm³/mol. The molecule has 0 radical (unpaired) electrons. The van der Waals surface area contributed by atoms with Crippen LogP contribution in [-0.2, 0) is 11.2 Å². The van der Waals surface area contributed by atoms with Gasteiger partial charge in [0, 0.05) is 18.5 Å². The molecular formula is C18H27NO2. The number of carboxylic acids is 1. The van der Waals surface area contributed by atoms with Gasteiger partial charge >= 0.3 is 5.97 Å². The summed E-state index contributed by atoms with van der Waals surface area (Å²) in [5.41, 5.74) is 1.59. The highest BCUT2D eigenvalue weighted by molar-refractivity contribution is 5.66. The Kier molecular flexibility index (Phi) is 5.40. The van der Waals surface area contributed by atoms with Crippen molar-refractivity contribution in [3.63, 3.8) is 0 Å². The van der Waals surface area contributed by atoms with E-state index in [4.69, 9.17) is 5.11 Å². The van der Waals surface area contributed by atoms with Gasteiger partial charge in [-0.25, -0.2) is 0 Å². The van der Waals surface area contributed by atoms with Crippen LogP contribution in [0.15, 0.2) is 30.3 Å². The molecule has 0 aromatic heterocycles.